The molecule has 0 saturated carbocycles. The van der Waals surface area contributed by atoms with Crippen LogP contribution >= 0.6 is 22.9 Å². The Morgan fingerprint density at radius 3 is 3.07 bits per heavy atom. The zero-order chi connectivity index (χ0) is 10.9. The Kier molecular flexibility index (Phi) is 3.30. The predicted octanol–water partition coefficient (Wildman–Crippen LogP) is 1.98. The fraction of sp³-hybridized carbons (Fsp3) is 0.700. The SMILES string of the molecule is CC1(C)CNCCN1Cc1cnc(Cl)s1. The molecule has 84 valence electrons. The lowest BCUT2D eigenvalue weighted by Gasteiger charge is -2.42. The van der Waals surface area contributed by atoms with Gasteiger partial charge in [0.15, 0.2) is 4.47 Å². The molecule has 15 heavy (non-hydrogen) atoms. The summed E-state index contributed by atoms with van der Waals surface area (Å²) in [4.78, 5) is 7.80. The Morgan fingerprint density at radius 2 is 2.47 bits per heavy atom. The van der Waals surface area contributed by atoms with Gasteiger partial charge in [-0.25, -0.2) is 4.98 Å². The van der Waals surface area contributed by atoms with Gasteiger partial charge < -0.3 is 5.32 Å². The molecule has 1 aliphatic heterocycles. The molecule has 2 heterocycles. The van der Waals surface area contributed by atoms with Gasteiger partial charge in [-0.2, -0.15) is 0 Å². The van der Waals surface area contributed by atoms with Crippen molar-refractivity contribution >= 4 is 22.9 Å². The maximum Gasteiger partial charge on any atom is 0.183 e. The molecule has 1 aromatic rings. The van der Waals surface area contributed by atoms with E-state index in [9.17, 15) is 0 Å². The number of piperazine rings is 1. The highest BCUT2D eigenvalue weighted by Gasteiger charge is 2.29. The van der Waals surface area contributed by atoms with Crippen LogP contribution in [0.15, 0.2) is 6.20 Å². The summed E-state index contributed by atoms with van der Waals surface area (Å²) in [6.07, 6.45) is 1.88. The number of halogens is 1. The van der Waals surface area contributed by atoms with Gasteiger partial charge in [-0.15, -0.1) is 11.3 Å². The van der Waals surface area contributed by atoms with Crippen molar-refractivity contribution in [3.05, 3.63) is 15.5 Å². The Morgan fingerprint density at radius 1 is 1.67 bits per heavy atom. The third-order valence-electron chi connectivity index (χ3n) is 2.84. The third kappa shape index (κ3) is 2.69. The molecule has 0 bridgehead atoms. The number of nitrogens with one attached hydrogen (secondary N) is 1. The van der Waals surface area contributed by atoms with E-state index in [1.165, 1.54) is 4.88 Å². The molecule has 0 amide bonds. The standard InChI is InChI=1S/C10H16ClN3S/c1-10(2)7-12-3-4-14(10)6-8-5-13-9(11)15-8/h5,12H,3-4,6-7H2,1-2H3. The summed E-state index contributed by atoms with van der Waals surface area (Å²) < 4.78 is 0.637. The molecule has 1 aromatic heterocycles. The van der Waals surface area contributed by atoms with Crippen LogP contribution in [0.3, 0.4) is 0 Å². The highest BCUT2D eigenvalue weighted by atomic mass is 35.5. The van der Waals surface area contributed by atoms with Gasteiger partial charge in [-0.1, -0.05) is 11.6 Å². The van der Waals surface area contributed by atoms with Gasteiger partial charge in [0, 0.05) is 42.8 Å². The summed E-state index contributed by atoms with van der Waals surface area (Å²) in [5.74, 6) is 0. The Hall–Kier alpha value is -0.160. The predicted molar refractivity (Wildman–Crippen MR) is 64.5 cm³/mol. The van der Waals surface area contributed by atoms with Crippen molar-refractivity contribution in [3.8, 4) is 0 Å². The largest absolute Gasteiger partial charge is 0.314 e. The second-order valence-corrected chi connectivity index (χ2v) is 6.19. The molecule has 1 fully saturated rings. The molecular weight excluding hydrogens is 230 g/mol. The summed E-state index contributed by atoms with van der Waals surface area (Å²) in [5, 5.41) is 3.42. The summed E-state index contributed by atoms with van der Waals surface area (Å²) >= 11 is 7.40. The van der Waals surface area contributed by atoms with Crippen molar-refractivity contribution in [1.82, 2.24) is 15.2 Å². The van der Waals surface area contributed by atoms with E-state index in [4.69, 9.17) is 11.6 Å². The van der Waals surface area contributed by atoms with Gasteiger partial charge in [0.2, 0.25) is 0 Å². The first-order valence-electron chi connectivity index (χ1n) is 5.14. The van der Waals surface area contributed by atoms with E-state index in [1.807, 2.05) is 6.20 Å². The van der Waals surface area contributed by atoms with E-state index in [0.717, 1.165) is 26.2 Å². The molecule has 5 heteroatoms. The first kappa shape index (κ1) is 11.3. The molecule has 0 radical (unpaired) electrons. The molecular formula is C10H16ClN3S. The first-order valence-corrected chi connectivity index (χ1v) is 6.33. The molecule has 0 atom stereocenters. The molecule has 0 unspecified atom stereocenters. The normalized spacial score (nSPS) is 21.8. The minimum atomic E-state index is 0.217. The second kappa shape index (κ2) is 4.37. The number of thiazole rings is 1. The fourth-order valence-electron chi connectivity index (χ4n) is 1.86. The lowest BCUT2D eigenvalue weighted by Crippen LogP contribution is -2.57. The van der Waals surface area contributed by atoms with Crippen LogP contribution in [-0.2, 0) is 6.54 Å². The molecule has 3 nitrogen and oxygen atoms in total. The van der Waals surface area contributed by atoms with Crippen LogP contribution in [0.25, 0.3) is 0 Å². The molecule has 1 aliphatic rings. The van der Waals surface area contributed by atoms with E-state index >= 15 is 0 Å². The van der Waals surface area contributed by atoms with E-state index in [-0.39, 0.29) is 5.54 Å². The summed E-state index contributed by atoms with van der Waals surface area (Å²) in [5.41, 5.74) is 0.217. The van der Waals surface area contributed by atoms with Crippen molar-refractivity contribution in [2.75, 3.05) is 19.6 Å². The van der Waals surface area contributed by atoms with Crippen LogP contribution < -0.4 is 5.32 Å². The van der Waals surface area contributed by atoms with Gasteiger partial charge in [-0.05, 0) is 13.8 Å². The third-order valence-corrected chi connectivity index (χ3v) is 3.94. The van der Waals surface area contributed by atoms with E-state index in [1.54, 1.807) is 11.3 Å². The van der Waals surface area contributed by atoms with Crippen LogP contribution in [0.5, 0.6) is 0 Å². The van der Waals surface area contributed by atoms with Crippen molar-refractivity contribution in [2.45, 2.75) is 25.9 Å². The lowest BCUT2D eigenvalue weighted by molar-refractivity contribution is 0.0838. The van der Waals surface area contributed by atoms with Gasteiger partial charge in [0.1, 0.15) is 0 Å². The van der Waals surface area contributed by atoms with Gasteiger partial charge >= 0.3 is 0 Å². The van der Waals surface area contributed by atoms with E-state index in [2.05, 4.69) is 29.0 Å². The van der Waals surface area contributed by atoms with Crippen molar-refractivity contribution < 1.29 is 0 Å². The Balaban J connectivity index is 2.04. The number of hydrogen-bond acceptors (Lipinski definition) is 4. The van der Waals surface area contributed by atoms with Crippen molar-refractivity contribution in [3.63, 3.8) is 0 Å². The Bertz CT molecular complexity index is 337. The molecule has 0 aromatic carbocycles. The first-order chi connectivity index (χ1) is 7.08. The summed E-state index contributed by atoms with van der Waals surface area (Å²) in [6.45, 7) is 8.68. The van der Waals surface area contributed by atoms with Crippen molar-refractivity contribution in [2.24, 2.45) is 0 Å². The van der Waals surface area contributed by atoms with E-state index in [0.29, 0.717) is 4.47 Å². The van der Waals surface area contributed by atoms with Gasteiger partial charge in [-0.3, -0.25) is 4.90 Å². The fourth-order valence-corrected chi connectivity index (χ4v) is 2.85. The monoisotopic (exact) mass is 245 g/mol. The minimum absolute atomic E-state index is 0.217. The number of nitrogens with zero attached hydrogens (tertiary/aromatic N) is 2. The highest BCUT2D eigenvalue weighted by molar-refractivity contribution is 7.15. The van der Waals surface area contributed by atoms with Crippen molar-refractivity contribution in [1.29, 1.82) is 0 Å². The van der Waals surface area contributed by atoms with E-state index < -0.39 is 0 Å². The molecule has 0 spiro atoms. The zero-order valence-corrected chi connectivity index (χ0v) is 10.7. The number of hydrogen-bond donors (Lipinski definition) is 1. The van der Waals surface area contributed by atoms with Crippen LogP contribution in [-0.4, -0.2) is 35.1 Å². The van der Waals surface area contributed by atoms with Crippen LogP contribution in [0.2, 0.25) is 4.47 Å². The van der Waals surface area contributed by atoms with Crippen LogP contribution in [0.1, 0.15) is 18.7 Å². The summed E-state index contributed by atoms with van der Waals surface area (Å²) in [7, 11) is 0. The smallest absolute Gasteiger partial charge is 0.183 e. The maximum atomic E-state index is 5.83. The lowest BCUT2D eigenvalue weighted by atomic mass is 10.0. The van der Waals surface area contributed by atoms with Gasteiger partial charge in [0.05, 0.1) is 0 Å². The number of aromatic nitrogens is 1. The summed E-state index contributed by atoms with van der Waals surface area (Å²) in [6, 6.07) is 0. The zero-order valence-electron chi connectivity index (χ0n) is 9.09. The second-order valence-electron chi connectivity index (χ2n) is 4.49. The molecule has 1 saturated heterocycles. The quantitative estimate of drug-likeness (QED) is 0.864. The molecule has 2 rings (SSSR count). The van der Waals surface area contributed by atoms with Gasteiger partial charge in [0.25, 0.3) is 0 Å². The molecule has 0 aliphatic carbocycles. The maximum absolute atomic E-state index is 5.83. The Labute approximate surface area is 99.5 Å². The van der Waals surface area contributed by atoms with Crippen LogP contribution in [0.4, 0.5) is 0 Å². The average Bonchev–Trinajstić information content (AvgIpc) is 2.55. The average molecular weight is 246 g/mol. The molecule has 1 N–H and O–H groups in total. The minimum Gasteiger partial charge on any atom is -0.314 e. The highest BCUT2D eigenvalue weighted by Crippen LogP contribution is 2.24. The van der Waals surface area contributed by atoms with Crippen LogP contribution in [0, 0.1) is 0 Å². The topological polar surface area (TPSA) is 28.2 Å². The number of rotatable bonds is 2.